The Balaban J connectivity index is 1.92. The van der Waals surface area contributed by atoms with Crippen LogP contribution in [0.15, 0.2) is 24.3 Å². The number of carbonyl (C=O) groups is 1. The second-order valence-electron chi connectivity index (χ2n) is 5.93. The molecule has 1 aliphatic heterocycles. The lowest BCUT2D eigenvalue weighted by Gasteiger charge is -2.59. The highest BCUT2D eigenvalue weighted by Crippen LogP contribution is 2.65. The van der Waals surface area contributed by atoms with Crippen LogP contribution in [0.2, 0.25) is 0 Å². The van der Waals surface area contributed by atoms with E-state index in [1.807, 2.05) is 18.2 Å². The van der Waals surface area contributed by atoms with Gasteiger partial charge in [0.05, 0.1) is 0 Å². The predicted octanol–water partition coefficient (Wildman–Crippen LogP) is 1.91. The Morgan fingerprint density at radius 1 is 1.33 bits per heavy atom. The van der Waals surface area contributed by atoms with Crippen molar-refractivity contribution in [3.8, 4) is 0 Å². The molecule has 0 unspecified atom stereocenters. The SMILES string of the molecule is CN1C(=O)[C@]2(O)[C@H](c3ccccc31)[C@@H]1CCC[C@@H]12. The van der Waals surface area contributed by atoms with E-state index in [0.717, 1.165) is 30.5 Å². The van der Waals surface area contributed by atoms with E-state index < -0.39 is 5.60 Å². The van der Waals surface area contributed by atoms with Crippen molar-refractivity contribution in [1.82, 2.24) is 0 Å². The second-order valence-corrected chi connectivity index (χ2v) is 5.93. The Hall–Kier alpha value is -1.35. The number of nitrogens with zero attached hydrogens (tertiary/aromatic N) is 1. The van der Waals surface area contributed by atoms with Crippen LogP contribution in [0.5, 0.6) is 0 Å². The van der Waals surface area contributed by atoms with Crippen LogP contribution in [0.3, 0.4) is 0 Å². The van der Waals surface area contributed by atoms with Gasteiger partial charge in [-0.05, 0) is 30.4 Å². The number of likely N-dealkylation sites (N-methyl/N-ethyl adjacent to an activating group) is 1. The monoisotopic (exact) mass is 243 g/mol. The Kier molecular flexibility index (Phi) is 1.85. The van der Waals surface area contributed by atoms with Crippen LogP contribution in [-0.4, -0.2) is 23.7 Å². The van der Waals surface area contributed by atoms with Crippen molar-refractivity contribution in [2.45, 2.75) is 30.8 Å². The summed E-state index contributed by atoms with van der Waals surface area (Å²) in [6, 6.07) is 8.01. The van der Waals surface area contributed by atoms with Gasteiger partial charge in [-0.15, -0.1) is 0 Å². The fourth-order valence-electron chi connectivity index (χ4n) is 4.57. The smallest absolute Gasteiger partial charge is 0.259 e. The summed E-state index contributed by atoms with van der Waals surface area (Å²) in [5.74, 6) is 0.624. The summed E-state index contributed by atoms with van der Waals surface area (Å²) in [6.45, 7) is 0. The Labute approximate surface area is 106 Å². The summed E-state index contributed by atoms with van der Waals surface area (Å²) in [5, 5.41) is 10.9. The Bertz CT molecular complexity index is 541. The van der Waals surface area contributed by atoms with Crippen LogP contribution in [-0.2, 0) is 4.79 Å². The van der Waals surface area contributed by atoms with Crippen LogP contribution >= 0.6 is 0 Å². The van der Waals surface area contributed by atoms with Crippen molar-refractivity contribution >= 4 is 11.6 Å². The van der Waals surface area contributed by atoms with Crippen LogP contribution in [0.25, 0.3) is 0 Å². The van der Waals surface area contributed by atoms with Gasteiger partial charge in [-0.1, -0.05) is 24.6 Å². The summed E-state index contributed by atoms with van der Waals surface area (Å²) in [5.41, 5.74) is 1.01. The number of para-hydroxylation sites is 1. The maximum Gasteiger partial charge on any atom is 0.259 e. The minimum absolute atomic E-state index is 0.0323. The molecule has 0 radical (unpaired) electrons. The maximum atomic E-state index is 12.5. The molecule has 0 spiro atoms. The molecule has 0 bridgehead atoms. The molecule has 3 heteroatoms. The molecule has 0 aromatic heterocycles. The third kappa shape index (κ3) is 0.948. The van der Waals surface area contributed by atoms with E-state index >= 15 is 0 Å². The molecule has 1 aromatic carbocycles. The van der Waals surface area contributed by atoms with Crippen molar-refractivity contribution < 1.29 is 9.90 Å². The highest BCUT2D eigenvalue weighted by Gasteiger charge is 2.69. The Morgan fingerprint density at radius 3 is 2.94 bits per heavy atom. The fraction of sp³-hybridized carbons (Fsp3) is 0.533. The summed E-state index contributed by atoms with van der Waals surface area (Å²) >= 11 is 0. The molecule has 2 saturated carbocycles. The molecular weight excluding hydrogens is 226 g/mol. The van der Waals surface area contributed by atoms with Crippen molar-refractivity contribution in [2.24, 2.45) is 11.8 Å². The van der Waals surface area contributed by atoms with Gasteiger partial charge in [-0.3, -0.25) is 4.79 Å². The highest BCUT2D eigenvalue weighted by molar-refractivity contribution is 6.04. The summed E-state index contributed by atoms with van der Waals surface area (Å²) in [4.78, 5) is 14.1. The molecule has 2 fully saturated rings. The fourth-order valence-corrected chi connectivity index (χ4v) is 4.57. The quantitative estimate of drug-likeness (QED) is 0.756. The van der Waals surface area contributed by atoms with E-state index in [-0.39, 0.29) is 17.7 Å². The van der Waals surface area contributed by atoms with Gasteiger partial charge in [-0.25, -0.2) is 0 Å². The van der Waals surface area contributed by atoms with Gasteiger partial charge in [0.25, 0.3) is 5.91 Å². The standard InChI is InChI=1S/C15H17NO2/c1-16-12-8-3-2-5-10(12)13-9-6-4-7-11(9)15(13,18)14(16)17/h2-3,5,8-9,11,13,18H,4,6-7H2,1H3/t9-,11+,13+,15-/m1/s1. The van der Waals surface area contributed by atoms with E-state index in [1.165, 1.54) is 0 Å². The maximum absolute atomic E-state index is 12.5. The molecule has 1 heterocycles. The number of carbonyl (C=O) groups excluding carboxylic acids is 1. The lowest BCUT2D eigenvalue weighted by Crippen LogP contribution is -2.69. The second kappa shape index (κ2) is 3.15. The molecule has 1 N–H and O–H groups in total. The number of benzene rings is 1. The first-order valence-corrected chi connectivity index (χ1v) is 6.75. The Morgan fingerprint density at radius 2 is 2.11 bits per heavy atom. The largest absolute Gasteiger partial charge is 0.379 e. The number of hydrogen-bond acceptors (Lipinski definition) is 2. The van der Waals surface area contributed by atoms with Gasteiger partial charge in [0.1, 0.15) is 0 Å². The van der Waals surface area contributed by atoms with Crippen molar-refractivity contribution in [3.05, 3.63) is 29.8 Å². The molecule has 2 aliphatic carbocycles. The first-order valence-electron chi connectivity index (χ1n) is 6.75. The van der Waals surface area contributed by atoms with Gasteiger partial charge < -0.3 is 10.0 Å². The van der Waals surface area contributed by atoms with Crippen molar-refractivity contribution in [1.29, 1.82) is 0 Å². The highest BCUT2D eigenvalue weighted by atomic mass is 16.3. The van der Waals surface area contributed by atoms with E-state index in [4.69, 9.17) is 0 Å². The number of amides is 1. The zero-order chi connectivity index (χ0) is 12.5. The zero-order valence-corrected chi connectivity index (χ0v) is 10.5. The zero-order valence-electron chi connectivity index (χ0n) is 10.5. The minimum Gasteiger partial charge on any atom is -0.379 e. The van der Waals surface area contributed by atoms with Gasteiger partial charge >= 0.3 is 0 Å². The van der Waals surface area contributed by atoms with Crippen molar-refractivity contribution in [2.75, 3.05) is 11.9 Å². The summed E-state index contributed by atoms with van der Waals surface area (Å²) in [6.07, 6.45) is 3.30. The first kappa shape index (κ1) is 10.6. The molecule has 0 saturated heterocycles. The van der Waals surface area contributed by atoms with E-state index in [0.29, 0.717) is 5.92 Å². The van der Waals surface area contributed by atoms with E-state index in [9.17, 15) is 9.90 Å². The number of rotatable bonds is 0. The summed E-state index contributed by atoms with van der Waals surface area (Å²) < 4.78 is 0. The molecule has 4 rings (SSSR count). The van der Waals surface area contributed by atoms with E-state index in [1.54, 1.807) is 11.9 Å². The number of hydrogen-bond donors (Lipinski definition) is 1. The van der Waals surface area contributed by atoms with E-state index in [2.05, 4.69) is 6.07 Å². The average Bonchev–Trinajstić information content (AvgIpc) is 2.81. The van der Waals surface area contributed by atoms with Gasteiger partial charge in [0.15, 0.2) is 5.60 Å². The number of anilines is 1. The molecule has 1 amide bonds. The van der Waals surface area contributed by atoms with Crippen LogP contribution in [0.4, 0.5) is 5.69 Å². The molecule has 1 aromatic rings. The van der Waals surface area contributed by atoms with Gasteiger partial charge in [-0.2, -0.15) is 0 Å². The van der Waals surface area contributed by atoms with Gasteiger partial charge in [0.2, 0.25) is 0 Å². The molecule has 18 heavy (non-hydrogen) atoms. The molecule has 3 aliphatic rings. The van der Waals surface area contributed by atoms with Crippen molar-refractivity contribution in [3.63, 3.8) is 0 Å². The lowest BCUT2D eigenvalue weighted by atomic mass is 9.50. The van der Waals surface area contributed by atoms with Gasteiger partial charge in [0, 0.05) is 24.6 Å². The topological polar surface area (TPSA) is 40.5 Å². The van der Waals surface area contributed by atoms with Crippen LogP contribution in [0.1, 0.15) is 30.7 Å². The third-order valence-corrected chi connectivity index (χ3v) is 5.32. The molecule has 94 valence electrons. The predicted molar refractivity (Wildman–Crippen MR) is 68.4 cm³/mol. The van der Waals surface area contributed by atoms with Crippen LogP contribution in [0, 0.1) is 11.8 Å². The molecule has 4 atom stereocenters. The third-order valence-electron chi connectivity index (χ3n) is 5.32. The van der Waals surface area contributed by atoms with Crippen LogP contribution < -0.4 is 4.90 Å². The lowest BCUT2D eigenvalue weighted by molar-refractivity contribution is -0.177. The normalized spacial score (nSPS) is 40.9. The molecular formula is C15H17NO2. The minimum atomic E-state index is -1.12. The number of fused-ring (bicyclic) bond motifs is 6. The summed E-state index contributed by atoms with van der Waals surface area (Å²) in [7, 11) is 1.78. The number of aliphatic hydroxyl groups is 1. The average molecular weight is 243 g/mol. The molecule has 3 nitrogen and oxygen atoms in total. The first-order chi connectivity index (χ1) is 8.65.